The monoisotopic (exact) mass is 230 g/mol. The van der Waals surface area contributed by atoms with Gasteiger partial charge in [0.25, 0.3) is 6.43 Å². The van der Waals surface area contributed by atoms with Crippen LogP contribution in [0.4, 0.5) is 13.2 Å². The molecule has 0 aromatic carbocycles. The van der Waals surface area contributed by atoms with Gasteiger partial charge in [-0.25, -0.2) is 18.2 Å². The number of nitriles is 1. The lowest BCUT2D eigenvalue weighted by molar-refractivity contribution is -0.136. The van der Waals surface area contributed by atoms with Crippen molar-refractivity contribution in [2.75, 3.05) is 0 Å². The van der Waals surface area contributed by atoms with Crippen LogP contribution in [0, 0.1) is 17.1 Å². The minimum atomic E-state index is -3.05. The van der Waals surface area contributed by atoms with Crippen LogP contribution in [0.15, 0.2) is 6.07 Å². The maximum atomic E-state index is 13.0. The molecule has 0 unspecified atom stereocenters. The van der Waals surface area contributed by atoms with Gasteiger partial charge in [0, 0.05) is 0 Å². The molecular formula is C9H5F3N2O2. The van der Waals surface area contributed by atoms with Gasteiger partial charge in [-0.2, -0.15) is 5.26 Å². The highest BCUT2D eigenvalue weighted by molar-refractivity contribution is 5.70. The third kappa shape index (κ3) is 2.48. The molecule has 0 aliphatic carbocycles. The van der Waals surface area contributed by atoms with Crippen LogP contribution in [-0.4, -0.2) is 16.1 Å². The van der Waals surface area contributed by atoms with Crippen molar-refractivity contribution in [3.05, 3.63) is 28.8 Å². The molecule has 84 valence electrons. The summed E-state index contributed by atoms with van der Waals surface area (Å²) < 4.78 is 37.9. The summed E-state index contributed by atoms with van der Waals surface area (Å²) in [6, 6.07) is 1.90. The molecule has 0 saturated carbocycles. The predicted molar refractivity (Wildman–Crippen MR) is 45.2 cm³/mol. The molecule has 1 heterocycles. The first-order chi connectivity index (χ1) is 7.45. The fraction of sp³-hybridized carbons (Fsp3) is 0.222. The van der Waals surface area contributed by atoms with Crippen LogP contribution in [0.25, 0.3) is 0 Å². The maximum Gasteiger partial charge on any atom is 0.307 e. The lowest BCUT2D eigenvalue weighted by Gasteiger charge is -2.06. The Morgan fingerprint density at radius 3 is 2.69 bits per heavy atom. The Morgan fingerprint density at radius 1 is 1.62 bits per heavy atom. The van der Waals surface area contributed by atoms with Crippen molar-refractivity contribution in [3.8, 4) is 6.07 Å². The summed E-state index contributed by atoms with van der Waals surface area (Å²) in [5.74, 6) is -2.49. The SMILES string of the molecule is N#Cc1nc(C(F)F)c(CC(=O)O)cc1F. The molecule has 7 heteroatoms. The zero-order chi connectivity index (χ0) is 12.3. The zero-order valence-electron chi connectivity index (χ0n) is 7.75. The molecule has 0 fully saturated rings. The number of aromatic nitrogens is 1. The average molecular weight is 230 g/mol. The molecule has 0 atom stereocenters. The van der Waals surface area contributed by atoms with E-state index in [0.717, 1.165) is 0 Å². The molecule has 1 aromatic heterocycles. The van der Waals surface area contributed by atoms with Gasteiger partial charge in [-0.05, 0) is 11.6 Å². The number of alkyl halides is 2. The van der Waals surface area contributed by atoms with Gasteiger partial charge in [0.2, 0.25) is 0 Å². The average Bonchev–Trinajstić information content (AvgIpc) is 2.16. The van der Waals surface area contributed by atoms with E-state index in [1.54, 1.807) is 0 Å². The van der Waals surface area contributed by atoms with E-state index in [1.165, 1.54) is 6.07 Å². The fourth-order valence-corrected chi connectivity index (χ4v) is 1.11. The number of nitrogens with zero attached hydrogens (tertiary/aromatic N) is 2. The Hall–Kier alpha value is -2.10. The molecule has 0 amide bonds. The number of halogens is 3. The third-order valence-electron chi connectivity index (χ3n) is 1.74. The van der Waals surface area contributed by atoms with Crippen molar-refractivity contribution in [2.45, 2.75) is 12.8 Å². The quantitative estimate of drug-likeness (QED) is 0.856. The fourth-order valence-electron chi connectivity index (χ4n) is 1.11. The molecular weight excluding hydrogens is 225 g/mol. The highest BCUT2D eigenvalue weighted by Crippen LogP contribution is 2.23. The second kappa shape index (κ2) is 4.61. The topological polar surface area (TPSA) is 74.0 Å². The molecule has 0 bridgehead atoms. The van der Waals surface area contributed by atoms with Gasteiger partial charge in [0.1, 0.15) is 11.8 Å². The first kappa shape index (κ1) is 12.0. The minimum absolute atomic E-state index is 0.431. The van der Waals surface area contributed by atoms with E-state index in [1.807, 2.05) is 0 Å². The zero-order valence-corrected chi connectivity index (χ0v) is 7.75. The van der Waals surface area contributed by atoms with Crippen molar-refractivity contribution >= 4 is 5.97 Å². The van der Waals surface area contributed by atoms with Crippen molar-refractivity contribution in [3.63, 3.8) is 0 Å². The number of pyridine rings is 1. The van der Waals surface area contributed by atoms with Crippen LogP contribution in [0.1, 0.15) is 23.4 Å². The molecule has 1 rings (SSSR count). The van der Waals surface area contributed by atoms with E-state index in [-0.39, 0.29) is 0 Å². The maximum absolute atomic E-state index is 13.0. The normalized spacial score (nSPS) is 10.2. The van der Waals surface area contributed by atoms with E-state index < -0.39 is 41.6 Å². The van der Waals surface area contributed by atoms with Crippen LogP contribution in [-0.2, 0) is 11.2 Å². The molecule has 1 aromatic rings. The van der Waals surface area contributed by atoms with Gasteiger partial charge in [0.15, 0.2) is 11.5 Å². The molecule has 0 saturated heterocycles. The van der Waals surface area contributed by atoms with Crippen LogP contribution >= 0.6 is 0 Å². The highest BCUT2D eigenvalue weighted by atomic mass is 19.3. The van der Waals surface area contributed by atoms with Gasteiger partial charge >= 0.3 is 5.97 Å². The Bertz CT molecular complexity index is 469. The van der Waals surface area contributed by atoms with E-state index in [0.29, 0.717) is 6.07 Å². The van der Waals surface area contributed by atoms with Crippen molar-refractivity contribution < 1.29 is 23.1 Å². The highest BCUT2D eigenvalue weighted by Gasteiger charge is 2.20. The number of aliphatic carboxylic acids is 1. The van der Waals surface area contributed by atoms with Crippen LogP contribution in [0.2, 0.25) is 0 Å². The largest absolute Gasteiger partial charge is 0.481 e. The minimum Gasteiger partial charge on any atom is -0.481 e. The summed E-state index contributed by atoms with van der Waals surface area (Å²) >= 11 is 0. The van der Waals surface area contributed by atoms with Crippen molar-refractivity contribution in [2.24, 2.45) is 0 Å². The molecule has 16 heavy (non-hydrogen) atoms. The third-order valence-corrected chi connectivity index (χ3v) is 1.74. The molecule has 4 nitrogen and oxygen atoms in total. The number of rotatable bonds is 3. The standard InChI is InChI=1S/C9H5F3N2O2/c10-5-1-4(2-7(15)16)8(9(11)12)14-6(5)3-13/h1,9H,2H2,(H,15,16). The van der Waals surface area contributed by atoms with Gasteiger partial charge in [-0.15, -0.1) is 0 Å². The molecule has 0 radical (unpaired) electrons. The Morgan fingerprint density at radius 2 is 2.25 bits per heavy atom. The molecule has 0 aliphatic rings. The van der Waals surface area contributed by atoms with Crippen molar-refractivity contribution in [1.82, 2.24) is 4.98 Å². The summed E-state index contributed by atoms with van der Waals surface area (Å²) in [6.45, 7) is 0. The Balaban J connectivity index is 3.31. The molecule has 0 aliphatic heterocycles. The summed E-state index contributed by atoms with van der Waals surface area (Å²) in [5.41, 5.74) is -2.08. The smallest absolute Gasteiger partial charge is 0.307 e. The first-order valence-corrected chi connectivity index (χ1v) is 4.05. The number of hydrogen-bond acceptors (Lipinski definition) is 3. The lowest BCUT2D eigenvalue weighted by Crippen LogP contribution is -2.08. The van der Waals surface area contributed by atoms with Crippen LogP contribution in [0.3, 0.4) is 0 Å². The van der Waals surface area contributed by atoms with Gasteiger partial charge in [-0.3, -0.25) is 4.79 Å². The molecule has 0 spiro atoms. The Kier molecular flexibility index (Phi) is 3.45. The van der Waals surface area contributed by atoms with Crippen molar-refractivity contribution in [1.29, 1.82) is 5.26 Å². The summed E-state index contributed by atoms with van der Waals surface area (Å²) in [5, 5.41) is 16.8. The first-order valence-electron chi connectivity index (χ1n) is 4.05. The van der Waals surface area contributed by atoms with Crippen LogP contribution in [0.5, 0.6) is 0 Å². The lowest BCUT2D eigenvalue weighted by atomic mass is 10.1. The van der Waals surface area contributed by atoms with E-state index in [2.05, 4.69) is 4.98 Å². The second-order valence-corrected chi connectivity index (χ2v) is 2.85. The van der Waals surface area contributed by atoms with Gasteiger partial charge < -0.3 is 5.11 Å². The van der Waals surface area contributed by atoms with Gasteiger partial charge in [0.05, 0.1) is 6.42 Å². The predicted octanol–water partition coefficient (Wildman–Crippen LogP) is 1.66. The van der Waals surface area contributed by atoms with Gasteiger partial charge in [-0.1, -0.05) is 0 Å². The molecule has 1 N–H and O–H groups in total. The number of hydrogen-bond donors (Lipinski definition) is 1. The number of carbonyl (C=O) groups is 1. The summed E-state index contributed by atoms with van der Waals surface area (Å²) in [4.78, 5) is 13.4. The number of carboxylic acids is 1. The summed E-state index contributed by atoms with van der Waals surface area (Å²) in [6.07, 6.45) is -3.82. The summed E-state index contributed by atoms with van der Waals surface area (Å²) in [7, 11) is 0. The Labute approximate surface area is 88.0 Å². The van der Waals surface area contributed by atoms with E-state index >= 15 is 0 Å². The second-order valence-electron chi connectivity index (χ2n) is 2.85. The van der Waals surface area contributed by atoms with E-state index in [4.69, 9.17) is 10.4 Å². The number of carboxylic acid groups (broad SMARTS) is 1. The van der Waals surface area contributed by atoms with E-state index in [9.17, 15) is 18.0 Å². The van der Waals surface area contributed by atoms with Crippen LogP contribution < -0.4 is 0 Å².